The summed E-state index contributed by atoms with van der Waals surface area (Å²) in [6.45, 7) is 3.11. The van der Waals surface area contributed by atoms with Crippen molar-refractivity contribution in [3.8, 4) is 0 Å². The molecular weight excluding hydrogens is 390 g/mol. The molecule has 6 heteroatoms. The third-order valence-electron chi connectivity index (χ3n) is 6.25. The highest BCUT2D eigenvalue weighted by Crippen LogP contribution is 2.31. The van der Waals surface area contributed by atoms with Crippen molar-refractivity contribution < 1.29 is 14.3 Å². The van der Waals surface area contributed by atoms with E-state index < -0.39 is 0 Å². The number of benzene rings is 1. The zero-order chi connectivity index (χ0) is 21.6. The van der Waals surface area contributed by atoms with Gasteiger partial charge in [0.05, 0.1) is 6.61 Å². The van der Waals surface area contributed by atoms with Crippen LogP contribution in [0.1, 0.15) is 43.0 Å². The predicted octanol–water partition coefficient (Wildman–Crippen LogP) is 3.40. The van der Waals surface area contributed by atoms with Gasteiger partial charge in [0, 0.05) is 24.2 Å². The highest BCUT2D eigenvalue weighted by molar-refractivity contribution is 5.86. The molecule has 2 atom stereocenters. The zero-order valence-electron chi connectivity index (χ0n) is 18.2. The molecule has 31 heavy (non-hydrogen) atoms. The van der Waals surface area contributed by atoms with Crippen molar-refractivity contribution in [1.29, 1.82) is 0 Å². The van der Waals surface area contributed by atoms with Crippen LogP contribution in [0.4, 0.5) is 5.82 Å². The fraction of sp³-hybridized carbons (Fsp3) is 0.480. The minimum absolute atomic E-state index is 0.0162. The summed E-state index contributed by atoms with van der Waals surface area (Å²) in [6, 6.07) is 14.4. The largest absolute Gasteiger partial charge is 0.465 e. The van der Waals surface area contributed by atoms with Crippen LogP contribution in [0.3, 0.4) is 0 Å². The maximum atomic E-state index is 13.2. The normalized spacial score (nSPS) is 20.3. The first-order chi connectivity index (χ1) is 15.1. The van der Waals surface area contributed by atoms with Crippen molar-refractivity contribution in [1.82, 2.24) is 9.88 Å². The molecule has 0 saturated carbocycles. The monoisotopic (exact) mass is 421 g/mol. The summed E-state index contributed by atoms with van der Waals surface area (Å²) in [5.41, 5.74) is 3.47. The Labute approximate surface area is 184 Å². The summed E-state index contributed by atoms with van der Waals surface area (Å²) in [5.74, 6) is 0.628. The molecule has 1 saturated heterocycles. The molecule has 0 spiro atoms. The number of esters is 1. The van der Waals surface area contributed by atoms with Crippen molar-refractivity contribution in [3.05, 3.63) is 59.3 Å². The topological polar surface area (TPSA) is 71.5 Å². The molecule has 0 bridgehead atoms. The lowest BCUT2D eigenvalue weighted by molar-refractivity contribution is -0.149. The van der Waals surface area contributed by atoms with Gasteiger partial charge in [-0.15, -0.1) is 0 Å². The number of likely N-dealkylation sites (tertiary alicyclic amines) is 1. The van der Waals surface area contributed by atoms with E-state index in [1.807, 2.05) is 18.2 Å². The summed E-state index contributed by atoms with van der Waals surface area (Å²) in [4.78, 5) is 31.8. The Hall–Kier alpha value is -2.89. The van der Waals surface area contributed by atoms with Gasteiger partial charge in [0.2, 0.25) is 5.91 Å². The number of pyridine rings is 1. The molecule has 0 radical (unpaired) electrons. The number of nitrogens with one attached hydrogen (secondary N) is 1. The lowest BCUT2D eigenvalue weighted by atomic mass is 9.95. The Balaban J connectivity index is 1.43. The van der Waals surface area contributed by atoms with Gasteiger partial charge < -0.3 is 15.0 Å². The highest BCUT2D eigenvalue weighted by Gasteiger charge is 2.40. The van der Waals surface area contributed by atoms with Crippen LogP contribution < -0.4 is 5.32 Å². The Kier molecular flexibility index (Phi) is 6.85. The molecule has 6 nitrogen and oxygen atoms in total. The second-order valence-corrected chi connectivity index (χ2v) is 8.43. The van der Waals surface area contributed by atoms with Crippen molar-refractivity contribution in [2.75, 3.05) is 25.0 Å². The van der Waals surface area contributed by atoms with E-state index in [0.29, 0.717) is 6.61 Å². The Morgan fingerprint density at radius 2 is 2.06 bits per heavy atom. The molecule has 1 N–H and O–H groups in total. The number of rotatable bonds is 8. The van der Waals surface area contributed by atoms with Gasteiger partial charge in [-0.1, -0.05) is 36.4 Å². The first-order valence-corrected chi connectivity index (χ1v) is 11.4. The number of anilines is 1. The van der Waals surface area contributed by atoms with Gasteiger partial charge in [-0.25, -0.2) is 4.98 Å². The molecule has 1 aromatic carbocycles. The second kappa shape index (κ2) is 9.94. The molecule has 3 heterocycles. The van der Waals surface area contributed by atoms with E-state index in [4.69, 9.17) is 9.72 Å². The Morgan fingerprint density at radius 3 is 2.87 bits per heavy atom. The summed E-state index contributed by atoms with van der Waals surface area (Å²) < 4.78 is 5.12. The van der Waals surface area contributed by atoms with Crippen molar-refractivity contribution >= 4 is 17.7 Å². The summed E-state index contributed by atoms with van der Waals surface area (Å²) in [6.07, 6.45) is 5.23. The SMILES string of the molecule is CCOC(=O)CN1C(=O)[C@@H](CCc2ccc3c(n2)NCCC3)C[C@H]1Cc1ccccc1. The van der Waals surface area contributed by atoms with Crippen LogP contribution >= 0.6 is 0 Å². The summed E-state index contributed by atoms with van der Waals surface area (Å²) >= 11 is 0. The Morgan fingerprint density at radius 1 is 1.23 bits per heavy atom. The maximum absolute atomic E-state index is 13.2. The fourth-order valence-corrected chi connectivity index (χ4v) is 4.67. The number of aryl methyl sites for hydroxylation is 2. The molecule has 0 aliphatic carbocycles. The Bertz CT molecular complexity index is 915. The van der Waals surface area contributed by atoms with Gasteiger partial charge in [0.15, 0.2) is 0 Å². The number of fused-ring (bicyclic) bond motifs is 1. The lowest BCUT2D eigenvalue weighted by Crippen LogP contribution is -2.39. The van der Waals surface area contributed by atoms with Crippen LogP contribution in [0, 0.1) is 5.92 Å². The average molecular weight is 422 g/mol. The van der Waals surface area contributed by atoms with Crippen LogP contribution in [0.2, 0.25) is 0 Å². The number of nitrogens with zero attached hydrogens (tertiary/aromatic N) is 2. The molecule has 1 fully saturated rings. The fourth-order valence-electron chi connectivity index (χ4n) is 4.67. The first-order valence-electron chi connectivity index (χ1n) is 11.4. The van der Waals surface area contributed by atoms with Crippen LogP contribution in [0.25, 0.3) is 0 Å². The molecule has 164 valence electrons. The van der Waals surface area contributed by atoms with Crippen molar-refractivity contribution in [2.24, 2.45) is 5.92 Å². The lowest BCUT2D eigenvalue weighted by Gasteiger charge is -2.24. The van der Waals surface area contributed by atoms with Crippen molar-refractivity contribution in [2.45, 2.75) is 51.5 Å². The van der Waals surface area contributed by atoms with Gasteiger partial charge in [-0.2, -0.15) is 0 Å². The molecule has 4 rings (SSSR count). The van der Waals surface area contributed by atoms with Crippen LogP contribution in [-0.2, 0) is 33.6 Å². The number of hydrogen-bond donors (Lipinski definition) is 1. The van der Waals surface area contributed by atoms with E-state index in [-0.39, 0.29) is 30.4 Å². The number of ether oxygens (including phenoxy) is 1. The molecule has 2 aliphatic rings. The zero-order valence-corrected chi connectivity index (χ0v) is 18.2. The van der Waals surface area contributed by atoms with Crippen molar-refractivity contribution in [3.63, 3.8) is 0 Å². The number of hydrogen-bond acceptors (Lipinski definition) is 5. The van der Waals surface area contributed by atoms with E-state index in [9.17, 15) is 9.59 Å². The quantitative estimate of drug-likeness (QED) is 0.662. The molecule has 1 aromatic heterocycles. The third-order valence-corrected chi connectivity index (χ3v) is 6.25. The molecule has 2 aliphatic heterocycles. The smallest absolute Gasteiger partial charge is 0.325 e. The predicted molar refractivity (Wildman–Crippen MR) is 120 cm³/mol. The number of carbonyl (C=O) groups excluding carboxylic acids is 2. The van der Waals surface area contributed by atoms with Crippen LogP contribution in [0.15, 0.2) is 42.5 Å². The first kappa shape index (κ1) is 21.3. The number of amides is 1. The van der Waals surface area contributed by atoms with Crippen LogP contribution in [-0.4, -0.2) is 47.5 Å². The van der Waals surface area contributed by atoms with E-state index in [0.717, 1.165) is 56.6 Å². The average Bonchev–Trinajstić information content (AvgIpc) is 3.07. The van der Waals surface area contributed by atoms with E-state index in [1.54, 1.807) is 11.8 Å². The molecule has 0 unspecified atom stereocenters. The van der Waals surface area contributed by atoms with Gasteiger partial charge >= 0.3 is 5.97 Å². The number of carbonyl (C=O) groups is 2. The maximum Gasteiger partial charge on any atom is 0.325 e. The minimum Gasteiger partial charge on any atom is -0.465 e. The third kappa shape index (κ3) is 5.24. The van der Waals surface area contributed by atoms with Crippen LogP contribution in [0.5, 0.6) is 0 Å². The standard InChI is InChI=1S/C25H31N3O3/c1-2-31-23(29)17-28-22(15-18-7-4-3-5-8-18)16-20(25(28)30)11-13-21-12-10-19-9-6-14-26-24(19)27-21/h3-5,7-8,10,12,20,22H,2,6,9,11,13-17H2,1H3,(H,26,27)/t20-,22+/m0/s1. The summed E-state index contributed by atoms with van der Waals surface area (Å²) in [5, 5.41) is 3.38. The second-order valence-electron chi connectivity index (χ2n) is 8.43. The summed E-state index contributed by atoms with van der Waals surface area (Å²) in [7, 11) is 0. The van der Waals surface area contributed by atoms with E-state index >= 15 is 0 Å². The van der Waals surface area contributed by atoms with Gasteiger partial charge in [-0.3, -0.25) is 9.59 Å². The highest BCUT2D eigenvalue weighted by atomic mass is 16.5. The van der Waals surface area contributed by atoms with E-state index in [2.05, 4.69) is 29.6 Å². The van der Waals surface area contributed by atoms with E-state index in [1.165, 1.54) is 11.1 Å². The van der Waals surface area contributed by atoms with Gasteiger partial charge in [-0.05, 0) is 62.6 Å². The molecule has 1 amide bonds. The van der Waals surface area contributed by atoms with Gasteiger partial charge in [0.1, 0.15) is 12.4 Å². The molecular formula is C25H31N3O3. The molecule has 2 aromatic rings. The van der Waals surface area contributed by atoms with Gasteiger partial charge in [0.25, 0.3) is 0 Å². The minimum atomic E-state index is -0.336. The number of aromatic nitrogens is 1.